The summed E-state index contributed by atoms with van der Waals surface area (Å²) in [6.07, 6.45) is 3.34. The predicted octanol–water partition coefficient (Wildman–Crippen LogP) is 3.34. The first kappa shape index (κ1) is 24.0. The number of hydrogen-bond donors (Lipinski definition) is 1. The molecule has 0 radical (unpaired) electrons. The molecule has 0 saturated carbocycles. The summed E-state index contributed by atoms with van der Waals surface area (Å²) in [5.74, 6) is 0. The highest BCUT2D eigenvalue weighted by atomic mass is 35.5. The van der Waals surface area contributed by atoms with Gasteiger partial charge in [-0.2, -0.15) is 0 Å². The maximum absolute atomic E-state index is 12.6. The molecule has 2 unspecified atom stereocenters. The van der Waals surface area contributed by atoms with Crippen LogP contribution in [0, 0.1) is 0 Å². The number of rotatable bonds is 6. The average Bonchev–Trinajstić information content (AvgIpc) is 2.09. The van der Waals surface area contributed by atoms with E-state index in [-0.39, 0.29) is 31.4 Å². The van der Waals surface area contributed by atoms with Crippen molar-refractivity contribution in [2.75, 3.05) is 6.61 Å². The molecule has 0 aliphatic rings. The molecule has 0 bridgehead atoms. The van der Waals surface area contributed by atoms with Crippen molar-refractivity contribution in [2.24, 2.45) is 0 Å². The minimum Gasteiger partial charge on any atom is -0.396 e. The molecule has 6 heteroatoms. The zero-order chi connectivity index (χ0) is 9.82. The van der Waals surface area contributed by atoms with Crippen molar-refractivity contribution < 1.29 is 14.1 Å². The lowest BCUT2D eigenvalue weighted by atomic mass is 10.1. The molecule has 14 heavy (non-hydrogen) atoms. The summed E-state index contributed by atoms with van der Waals surface area (Å²) >= 11 is 0. The molecular weight excluding hydrogens is 249 g/mol. The second kappa shape index (κ2) is 23.4. The summed E-state index contributed by atoms with van der Waals surface area (Å²) in [5.41, 5.74) is 0. The van der Waals surface area contributed by atoms with Gasteiger partial charge in [0.25, 0.3) is 0 Å². The van der Waals surface area contributed by atoms with Gasteiger partial charge >= 0.3 is 9.12 Å². The Morgan fingerprint density at radius 3 is 2.07 bits per heavy atom. The van der Waals surface area contributed by atoms with Crippen molar-refractivity contribution in [1.82, 2.24) is 0 Å². The molecule has 1 N–H and O–H groups in total. The first-order valence-electron chi connectivity index (χ1n) is 4.29. The number of halogens is 3. The Hall–Kier alpha value is 0.570. The molecular formula is C8H21Cl2FO2P+. The third-order valence-corrected chi connectivity index (χ3v) is 1.56. The Morgan fingerprint density at radius 2 is 1.71 bits per heavy atom. The maximum Gasteiger partial charge on any atom is 0.310 e. The molecule has 2 atom stereocenters. The van der Waals surface area contributed by atoms with Crippen LogP contribution in [-0.2, 0) is 4.57 Å². The zero-order valence-electron chi connectivity index (χ0n) is 8.45. The third-order valence-electron chi connectivity index (χ3n) is 1.56. The molecule has 0 fully saturated rings. The van der Waals surface area contributed by atoms with E-state index in [9.17, 15) is 4.39 Å². The number of hydrogen-bond acceptors (Lipinski definition) is 2. The first-order valence-corrected chi connectivity index (χ1v) is 4.77. The first-order chi connectivity index (χ1) is 5.81. The van der Waals surface area contributed by atoms with Gasteiger partial charge in [0.2, 0.25) is 0 Å². The summed E-state index contributed by atoms with van der Waals surface area (Å²) in [4.78, 5) is 0. The quantitative estimate of drug-likeness (QED) is 0.593. The molecule has 0 aromatic heterocycles. The maximum atomic E-state index is 12.6. The fraction of sp³-hybridized carbons (Fsp3) is 1.00. The van der Waals surface area contributed by atoms with Gasteiger partial charge in [0.15, 0.2) is 0 Å². The fourth-order valence-corrected chi connectivity index (χ4v) is 0.900. The molecule has 0 heterocycles. The molecule has 0 spiro atoms. The van der Waals surface area contributed by atoms with Crippen molar-refractivity contribution in [2.45, 2.75) is 45.2 Å². The highest BCUT2D eigenvalue weighted by molar-refractivity contribution is 7.00. The van der Waals surface area contributed by atoms with Crippen LogP contribution >= 0.6 is 33.9 Å². The van der Waals surface area contributed by atoms with E-state index in [1.54, 1.807) is 0 Å². The minimum absolute atomic E-state index is 0. The molecule has 0 aliphatic carbocycles. The van der Waals surface area contributed by atoms with Gasteiger partial charge in [0.1, 0.15) is 6.17 Å². The standard InChI is InChI=1S/C8H17FO.2ClH.H2OP/c1-2-3-4-5-8(9)6-7-10;;;1-2/h8,10H,2-7H2,1H3;2*1H;2H2/q;;;+1. The van der Waals surface area contributed by atoms with Crippen molar-refractivity contribution in [3.8, 4) is 0 Å². The molecule has 0 rings (SSSR count). The summed E-state index contributed by atoms with van der Waals surface area (Å²) in [7, 11) is 1.17. The van der Waals surface area contributed by atoms with Gasteiger partial charge in [-0.25, -0.2) is 4.39 Å². The number of unbranched alkanes of at least 4 members (excludes halogenated alkanes) is 2. The Bertz CT molecular complexity index is 91.7. The monoisotopic (exact) mass is 269 g/mol. The van der Waals surface area contributed by atoms with Crippen LogP contribution in [0.2, 0.25) is 0 Å². The highest BCUT2D eigenvalue weighted by Crippen LogP contribution is 2.08. The van der Waals surface area contributed by atoms with E-state index in [2.05, 4.69) is 6.92 Å². The van der Waals surface area contributed by atoms with Crippen LogP contribution < -0.4 is 0 Å². The summed E-state index contributed by atoms with van der Waals surface area (Å²) in [6, 6.07) is 0. The molecule has 2 nitrogen and oxygen atoms in total. The summed E-state index contributed by atoms with van der Waals surface area (Å²) < 4.78 is 20.7. The van der Waals surface area contributed by atoms with E-state index in [0.29, 0.717) is 12.8 Å². The van der Waals surface area contributed by atoms with Gasteiger partial charge in [-0.1, -0.05) is 30.8 Å². The molecule has 0 aliphatic heterocycles. The van der Waals surface area contributed by atoms with Gasteiger partial charge in [0, 0.05) is 13.0 Å². The van der Waals surface area contributed by atoms with E-state index < -0.39 is 6.17 Å². The molecule has 0 amide bonds. The van der Waals surface area contributed by atoms with Crippen molar-refractivity contribution in [3.63, 3.8) is 0 Å². The van der Waals surface area contributed by atoms with Crippen LogP contribution in [0.5, 0.6) is 0 Å². The molecule has 0 aromatic rings. The summed E-state index contributed by atoms with van der Waals surface area (Å²) in [5, 5.41) is 8.35. The van der Waals surface area contributed by atoms with Crippen LogP contribution in [0.25, 0.3) is 0 Å². The Morgan fingerprint density at radius 1 is 1.21 bits per heavy atom. The van der Waals surface area contributed by atoms with E-state index in [1.165, 1.54) is 9.12 Å². The second-order valence-electron chi connectivity index (χ2n) is 2.61. The normalized spacial score (nSPS) is 9.93. The smallest absolute Gasteiger partial charge is 0.310 e. The lowest BCUT2D eigenvalue weighted by molar-refractivity contribution is 0.209. The largest absolute Gasteiger partial charge is 0.396 e. The highest BCUT2D eigenvalue weighted by Gasteiger charge is 2.03. The lowest BCUT2D eigenvalue weighted by Crippen LogP contribution is -2.02. The van der Waals surface area contributed by atoms with Gasteiger partial charge in [0.05, 0.1) is 0 Å². The Kier molecular flexibility index (Phi) is 40.2. The average molecular weight is 270 g/mol. The molecule has 90 valence electrons. The Balaban J connectivity index is -0.000000117. The van der Waals surface area contributed by atoms with Crippen LogP contribution in [0.1, 0.15) is 39.0 Å². The van der Waals surface area contributed by atoms with Crippen molar-refractivity contribution in [1.29, 1.82) is 0 Å². The van der Waals surface area contributed by atoms with E-state index >= 15 is 0 Å². The van der Waals surface area contributed by atoms with E-state index in [0.717, 1.165) is 19.3 Å². The molecule has 0 saturated heterocycles. The molecule has 0 aromatic carbocycles. The van der Waals surface area contributed by atoms with Crippen LogP contribution in [0.4, 0.5) is 4.39 Å². The van der Waals surface area contributed by atoms with Crippen molar-refractivity contribution in [3.05, 3.63) is 0 Å². The Labute approximate surface area is 100 Å². The van der Waals surface area contributed by atoms with Crippen LogP contribution in [0.15, 0.2) is 0 Å². The third kappa shape index (κ3) is 22.9. The van der Waals surface area contributed by atoms with Crippen LogP contribution in [-0.4, -0.2) is 17.9 Å². The topological polar surface area (TPSA) is 37.3 Å². The predicted molar refractivity (Wildman–Crippen MR) is 65.6 cm³/mol. The number of alkyl halides is 1. The second-order valence-corrected chi connectivity index (χ2v) is 2.61. The van der Waals surface area contributed by atoms with Gasteiger partial charge < -0.3 is 5.11 Å². The fourth-order valence-electron chi connectivity index (χ4n) is 0.900. The van der Waals surface area contributed by atoms with Gasteiger partial charge in [-0.15, -0.1) is 24.8 Å². The van der Waals surface area contributed by atoms with E-state index in [1.807, 2.05) is 0 Å². The number of aliphatic hydroxyl groups excluding tert-OH is 1. The van der Waals surface area contributed by atoms with Gasteiger partial charge in [-0.05, 0) is 6.42 Å². The number of aliphatic hydroxyl groups is 1. The van der Waals surface area contributed by atoms with E-state index in [4.69, 9.17) is 9.67 Å². The van der Waals surface area contributed by atoms with Gasteiger partial charge in [-0.3, -0.25) is 0 Å². The van der Waals surface area contributed by atoms with Crippen LogP contribution in [0.3, 0.4) is 0 Å². The van der Waals surface area contributed by atoms with Crippen molar-refractivity contribution >= 4 is 33.9 Å². The lowest BCUT2D eigenvalue weighted by Gasteiger charge is -2.03. The SMILES string of the molecule is CCCCCC(F)CCO.Cl.Cl.O=[PH2+]. The zero-order valence-corrected chi connectivity index (χ0v) is 11.2. The summed E-state index contributed by atoms with van der Waals surface area (Å²) in [6.45, 7) is 2.08. The minimum atomic E-state index is -0.781.